The van der Waals surface area contributed by atoms with E-state index in [0.29, 0.717) is 10.8 Å². The molecule has 0 aromatic rings. The summed E-state index contributed by atoms with van der Waals surface area (Å²) in [6, 6.07) is 0. The van der Waals surface area contributed by atoms with Crippen molar-refractivity contribution in [2.75, 3.05) is 0 Å². The monoisotopic (exact) mass is 193 g/mol. The summed E-state index contributed by atoms with van der Waals surface area (Å²) in [5, 5.41) is 0. The van der Waals surface area contributed by atoms with Gasteiger partial charge in [0.05, 0.1) is 0 Å². The van der Waals surface area contributed by atoms with E-state index in [9.17, 15) is 4.79 Å². The molecule has 2 nitrogen and oxygen atoms in total. The normalized spacial score (nSPS) is 52.6. The van der Waals surface area contributed by atoms with E-state index in [2.05, 4.69) is 13.8 Å². The standard InChI is InChI=1S/C12H19NO/c1-11(2)7-3-4-8(5-7)12(11)6-9(12)10(13)14/h7-9H,3-6H2,1-2H3,(H2,13,14)/t7-,8-,9+,12+/m0/s1. The van der Waals surface area contributed by atoms with Gasteiger partial charge in [-0.3, -0.25) is 4.79 Å². The third kappa shape index (κ3) is 0.697. The molecule has 2 bridgehead atoms. The average molecular weight is 193 g/mol. The summed E-state index contributed by atoms with van der Waals surface area (Å²) in [5.74, 6) is 1.82. The first-order chi connectivity index (χ1) is 6.50. The molecule has 1 amide bonds. The number of amides is 1. The summed E-state index contributed by atoms with van der Waals surface area (Å²) in [4.78, 5) is 11.3. The number of hydrogen-bond acceptors (Lipinski definition) is 1. The molecule has 78 valence electrons. The van der Waals surface area contributed by atoms with Crippen LogP contribution in [-0.4, -0.2) is 5.91 Å². The maximum atomic E-state index is 11.3. The van der Waals surface area contributed by atoms with Crippen molar-refractivity contribution in [2.24, 2.45) is 34.3 Å². The minimum absolute atomic E-state index is 0.0503. The summed E-state index contributed by atoms with van der Waals surface area (Å²) in [5.41, 5.74) is 6.16. The van der Waals surface area contributed by atoms with Crippen molar-refractivity contribution in [3.8, 4) is 0 Å². The van der Waals surface area contributed by atoms with Crippen LogP contribution in [0.1, 0.15) is 39.5 Å². The van der Waals surface area contributed by atoms with E-state index in [1.807, 2.05) is 0 Å². The highest BCUT2D eigenvalue weighted by molar-refractivity contribution is 5.81. The van der Waals surface area contributed by atoms with E-state index in [-0.39, 0.29) is 11.8 Å². The van der Waals surface area contributed by atoms with E-state index < -0.39 is 0 Å². The van der Waals surface area contributed by atoms with Crippen molar-refractivity contribution in [3.63, 3.8) is 0 Å². The van der Waals surface area contributed by atoms with Gasteiger partial charge in [-0.25, -0.2) is 0 Å². The molecule has 0 aliphatic heterocycles. The Kier molecular flexibility index (Phi) is 1.36. The second kappa shape index (κ2) is 2.17. The second-order valence-electron chi connectivity index (χ2n) is 6.13. The fourth-order valence-electron chi connectivity index (χ4n) is 4.81. The van der Waals surface area contributed by atoms with Crippen molar-refractivity contribution >= 4 is 5.91 Å². The smallest absolute Gasteiger partial charge is 0.221 e. The average Bonchev–Trinajstić information content (AvgIpc) is 2.60. The van der Waals surface area contributed by atoms with E-state index in [4.69, 9.17) is 5.73 Å². The van der Waals surface area contributed by atoms with Gasteiger partial charge in [0.25, 0.3) is 0 Å². The lowest BCUT2D eigenvalue weighted by atomic mass is 9.65. The quantitative estimate of drug-likeness (QED) is 0.679. The number of rotatable bonds is 1. The van der Waals surface area contributed by atoms with Gasteiger partial charge in [0.15, 0.2) is 0 Å². The molecule has 14 heavy (non-hydrogen) atoms. The Morgan fingerprint density at radius 2 is 1.93 bits per heavy atom. The van der Waals surface area contributed by atoms with Crippen molar-refractivity contribution in [1.29, 1.82) is 0 Å². The first kappa shape index (κ1) is 8.75. The maximum absolute atomic E-state index is 11.3. The van der Waals surface area contributed by atoms with Gasteiger partial charge in [-0.2, -0.15) is 0 Å². The molecule has 0 aromatic carbocycles. The number of carbonyl (C=O) groups excluding carboxylic acids is 1. The molecular formula is C12H19NO. The van der Waals surface area contributed by atoms with Crippen LogP contribution in [0.25, 0.3) is 0 Å². The Morgan fingerprint density at radius 1 is 1.29 bits per heavy atom. The Labute approximate surface area is 85.2 Å². The molecule has 4 atom stereocenters. The number of carbonyl (C=O) groups is 1. The topological polar surface area (TPSA) is 43.1 Å². The molecule has 0 heterocycles. The van der Waals surface area contributed by atoms with Crippen LogP contribution in [0.15, 0.2) is 0 Å². The van der Waals surface area contributed by atoms with Crippen LogP contribution in [0.3, 0.4) is 0 Å². The zero-order valence-electron chi connectivity index (χ0n) is 9.05. The van der Waals surface area contributed by atoms with Crippen molar-refractivity contribution in [1.82, 2.24) is 0 Å². The number of primary amides is 1. The van der Waals surface area contributed by atoms with Crippen molar-refractivity contribution < 1.29 is 4.79 Å². The lowest BCUT2D eigenvalue weighted by Gasteiger charge is -2.39. The van der Waals surface area contributed by atoms with Crippen LogP contribution >= 0.6 is 0 Å². The minimum Gasteiger partial charge on any atom is -0.369 e. The van der Waals surface area contributed by atoms with Crippen molar-refractivity contribution in [3.05, 3.63) is 0 Å². The van der Waals surface area contributed by atoms with E-state index in [1.165, 1.54) is 19.3 Å². The molecule has 3 rings (SSSR count). The summed E-state index contributed by atoms with van der Waals surface area (Å²) in [6.07, 6.45) is 5.16. The molecule has 3 saturated carbocycles. The Hall–Kier alpha value is -0.530. The molecule has 3 aliphatic carbocycles. The first-order valence-electron chi connectivity index (χ1n) is 5.79. The Bertz CT molecular complexity index is 309. The van der Waals surface area contributed by atoms with Crippen LogP contribution in [0, 0.1) is 28.6 Å². The summed E-state index contributed by atoms with van der Waals surface area (Å²) in [6.45, 7) is 4.72. The van der Waals surface area contributed by atoms with Crippen LogP contribution < -0.4 is 5.73 Å². The highest BCUT2D eigenvalue weighted by Crippen LogP contribution is 2.79. The predicted octanol–water partition coefficient (Wildman–Crippen LogP) is 1.93. The molecule has 0 radical (unpaired) electrons. The summed E-state index contributed by atoms with van der Waals surface area (Å²) < 4.78 is 0. The molecule has 3 fully saturated rings. The number of fused-ring (bicyclic) bond motifs is 3. The van der Waals surface area contributed by atoms with E-state index >= 15 is 0 Å². The van der Waals surface area contributed by atoms with Gasteiger partial charge in [-0.15, -0.1) is 0 Å². The predicted molar refractivity (Wildman–Crippen MR) is 54.3 cm³/mol. The van der Waals surface area contributed by atoms with Gasteiger partial charge in [0, 0.05) is 5.92 Å². The Balaban J connectivity index is 1.98. The molecule has 0 aromatic heterocycles. The minimum atomic E-state index is -0.0503. The van der Waals surface area contributed by atoms with Gasteiger partial charge < -0.3 is 5.73 Å². The summed E-state index contributed by atoms with van der Waals surface area (Å²) in [7, 11) is 0. The lowest BCUT2D eigenvalue weighted by Crippen LogP contribution is -2.36. The van der Waals surface area contributed by atoms with Crippen molar-refractivity contribution in [2.45, 2.75) is 39.5 Å². The van der Waals surface area contributed by atoms with Crippen LogP contribution in [0.2, 0.25) is 0 Å². The molecule has 3 aliphatic rings. The zero-order chi connectivity index (χ0) is 10.1. The fourth-order valence-corrected chi connectivity index (χ4v) is 4.81. The summed E-state index contributed by atoms with van der Waals surface area (Å²) >= 11 is 0. The van der Waals surface area contributed by atoms with E-state index in [0.717, 1.165) is 18.3 Å². The molecule has 2 N–H and O–H groups in total. The van der Waals surface area contributed by atoms with Crippen LogP contribution in [0.5, 0.6) is 0 Å². The third-order valence-corrected chi connectivity index (χ3v) is 5.73. The highest BCUT2D eigenvalue weighted by atomic mass is 16.1. The van der Waals surface area contributed by atoms with Gasteiger partial charge in [-0.05, 0) is 48.3 Å². The molecule has 1 spiro atoms. The van der Waals surface area contributed by atoms with Gasteiger partial charge >= 0.3 is 0 Å². The maximum Gasteiger partial charge on any atom is 0.221 e. The second-order valence-corrected chi connectivity index (χ2v) is 6.13. The first-order valence-corrected chi connectivity index (χ1v) is 5.79. The third-order valence-electron chi connectivity index (χ3n) is 5.73. The zero-order valence-corrected chi connectivity index (χ0v) is 9.05. The molecule has 0 unspecified atom stereocenters. The fraction of sp³-hybridized carbons (Fsp3) is 0.917. The number of nitrogens with two attached hydrogens (primary N) is 1. The van der Waals surface area contributed by atoms with Crippen LogP contribution in [-0.2, 0) is 4.79 Å². The van der Waals surface area contributed by atoms with E-state index in [1.54, 1.807) is 0 Å². The lowest BCUT2D eigenvalue weighted by molar-refractivity contribution is -0.121. The SMILES string of the molecule is CC1(C)[C@H]2CC[C@@H](C2)[C@@]12C[C@@H]2C(N)=O. The van der Waals surface area contributed by atoms with Gasteiger partial charge in [0.1, 0.15) is 0 Å². The Morgan fingerprint density at radius 3 is 2.36 bits per heavy atom. The molecule has 2 heteroatoms. The largest absolute Gasteiger partial charge is 0.369 e. The van der Waals surface area contributed by atoms with Gasteiger partial charge in [-0.1, -0.05) is 13.8 Å². The van der Waals surface area contributed by atoms with Crippen LogP contribution in [0.4, 0.5) is 0 Å². The molecular weight excluding hydrogens is 174 g/mol. The number of hydrogen-bond donors (Lipinski definition) is 1. The molecule has 0 saturated heterocycles. The van der Waals surface area contributed by atoms with Gasteiger partial charge in [0.2, 0.25) is 5.91 Å². The highest BCUT2D eigenvalue weighted by Gasteiger charge is 2.75.